The van der Waals surface area contributed by atoms with Crippen molar-refractivity contribution in [2.24, 2.45) is 0 Å². The summed E-state index contributed by atoms with van der Waals surface area (Å²) in [7, 11) is 0. The fraction of sp³-hybridized carbons (Fsp3) is 0.333. The smallest absolute Gasteiger partial charge is 0.503 e. The monoisotopic (exact) mass is 1010 g/mol. The van der Waals surface area contributed by atoms with Gasteiger partial charge in [0.2, 0.25) is 0 Å². The Balaban J connectivity index is 0.00000595. The summed E-state index contributed by atoms with van der Waals surface area (Å²) in [6.45, 7) is 29.8. The van der Waals surface area contributed by atoms with E-state index in [1.165, 1.54) is 50.2 Å². The fourth-order valence-corrected chi connectivity index (χ4v) is 8.87. The molecule has 0 aliphatic rings. The second kappa shape index (κ2) is 18.1. The van der Waals surface area contributed by atoms with E-state index in [1.54, 1.807) is 0 Å². The van der Waals surface area contributed by atoms with Gasteiger partial charge in [0.1, 0.15) is 5.82 Å². The SMILES string of the molecule is CC(C)c1cc(C(C)C)c(-c2ccnc(-n3c4[c-]c(Oc5[c-]c(-c6nccn6-c6c(C(C)C)cc(C(C)(C)C)cc6C(C)C)ccc5)ccc4c4ccccc43)c2)c(C(C)C)c1.[Pt+2]. The summed E-state index contributed by atoms with van der Waals surface area (Å²) in [6, 6.07) is 40.0. The number of imidazole rings is 1. The molecule has 0 bridgehead atoms. The minimum Gasteiger partial charge on any atom is -0.503 e. The average molecular weight is 1010 g/mol. The van der Waals surface area contributed by atoms with Crippen molar-refractivity contribution >= 4 is 21.8 Å². The molecule has 0 radical (unpaired) electrons. The van der Waals surface area contributed by atoms with Crippen LogP contribution in [0.4, 0.5) is 0 Å². The van der Waals surface area contributed by atoms with Crippen molar-refractivity contribution in [3.8, 4) is 45.5 Å². The van der Waals surface area contributed by atoms with Gasteiger partial charge in [0.05, 0.1) is 5.82 Å². The molecule has 0 atom stereocenters. The molecular weight excluding hydrogens is 952 g/mol. The first kappa shape index (κ1) is 45.8. The molecule has 8 rings (SSSR count). The van der Waals surface area contributed by atoms with Gasteiger partial charge in [-0.25, -0.2) is 4.98 Å². The minimum atomic E-state index is 0. The Morgan fingerprint density at radius 1 is 0.587 bits per heavy atom. The van der Waals surface area contributed by atoms with Crippen molar-refractivity contribution < 1.29 is 25.8 Å². The van der Waals surface area contributed by atoms with Gasteiger partial charge in [-0.15, -0.1) is 41.3 Å². The van der Waals surface area contributed by atoms with Crippen LogP contribution in [0.15, 0.2) is 110 Å². The summed E-state index contributed by atoms with van der Waals surface area (Å²) in [5.74, 6) is 4.70. The maximum atomic E-state index is 6.66. The molecule has 0 aliphatic carbocycles. The second-order valence-electron chi connectivity index (χ2n) is 19.6. The number of ether oxygens (including phenoxy) is 1. The fourth-order valence-electron chi connectivity index (χ4n) is 8.87. The molecule has 0 fully saturated rings. The van der Waals surface area contributed by atoms with Crippen molar-refractivity contribution in [1.29, 1.82) is 0 Å². The number of nitrogens with zero attached hydrogens (tertiary/aromatic N) is 4. The van der Waals surface area contributed by atoms with Crippen LogP contribution in [0.3, 0.4) is 0 Å². The number of pyridine rings is 1. The third-order valence-corrected chi connectivity index (χ3v) is 12.3. The van der Waals surface area contributed by atoms with E-state index in [1.807, 2.05) is 30.6 Å². The van der Waals surface area contributed by atoms with Crippen LogP contribution in [-0.2, 0) is 26.5 Å². The zero-order chi connectivity index (χ0) is 44.2. The quantitative estimate of drug-likeness (QED) is 0.121. The normalized spacial score (nSPS) is 12.2. The summed E-state index contributed by atoms with van der Waals surface area (Å²) >= 11 is 0. The maximum absolute atomic E-state index is 6.66. The van der Waals surface area contributed by atoms with Gasteiger partial charge in [0, 0.05) is 41.3 Å². The first-order chi connectivity index (χ1) is 29.5. The Bertz CT molecular complexity index is 2860. The van der Waals surface area contributed by atoms with E-state index >= 15 is 0 Å². The Morgan fingerprint density at radius 3 is 1.84 bits per heavy atom. The first-order valence-corrected chi connectivity index (χ1v) is 22.5. The van der Waals surface area contributed by atoms with Crippen LogP contribution in [0, 0.1) is 12.1 Å². The number of aromatic nitrogens is 4. The number of fused-ring (bicyclic) bond motifs is 3. The average Bonchev–Trinajstić information content (AvgIpc) is 3.85. The summed E-state index contributed by atoms with van der Waals surface area (Å²) in [4.78, 5) is 9.95. The molecule has 0 saturated heterocycles. The molecule has 63 heavy (non-hydrogen) atoms. The van der Waals surface area contributed by atoms with Crippen molar-refractivity contribution in [2.45, 2.75) is 125 Å². The molecular formula is C57H62N4OPt. The Labute approximate surface area is 390 Å². The third kappa shape index (κ3) is 8.84. The molecule has 3 heterocycles. The van der Waals surface area contributed by atoms with Crippen LogP contribution < -0.4 is 4.74 Å². The molecule has 326 valence electrons. The van der Waals surface area contributed by atoms with E-state index in [0.29, 0.717) is 41.1 Å². The second-order valence-corrected chi connectivity index (χ2v) is 19.6. The predicted octanol–water partition coefficient (Wildman–Crippen LogP) is 16.0. The van der Waals surface area contributed by atoms with Gasteiger partial charge >= 0.3 is 21.1 Å². The Hall–Kier alpha value is -5.25. The van der Waals surface area contributed by atoms with E-state index in [0.717, 1.165) is 39.0 Å². The van der Waals surface area contributed by atoms with Crippen LogP contribution in [-0.4, -0.2) is 19.1 Å². The maximum Gasteiger partial charge on any atom is 2.00 e. The van der Waals surface area contributed by atoms with Gasteiger partial charge in [-0.3, -0.25) is 4.98 Å². The van der Waals surface area contributed by atoms with Crippen LogP contribution in [0.25, 0.3) is 55.8 Å². The number of para-hydroxylation sites is 1. The van der Waals surface area contributed by atoms with Crippen molar-refractivity contribution in [1.82, 2.24) is 19.1 Å². The molecule has 0 unspecified atom stereocenters. The van der Waals surface area contributed by atoms with E-state index in [2.05, 4.69) is 190 Å². The molecule has 0 spiro atoms. The molecule has 5 nitrogen and oxygen atoms in total. The van der Waals surface area contributed by atoms with Crippen LogP contribution in [0.1, 0.15) is 153 Å². The summed E-state index contributed by atoms with van der Waals surface area (Å²) in [5.41, 5.74) is 14.7. The molecule has 0 aliphatic heterocycles. The van der Waals surface area contributed by atoms with Crippen molar-refractivity contribution in [3.05, 3.63) is 155 Å². The van der Waals surface area contributed by atoms with E-state index in [-0.39, 0.29) is 26.5 Å². The Morgan fingerprint density at radius 2 is 1.22 bits per heavy atom. The standard InChI is InChI=1S/C57H62N4O.Pt/c1-34(2)41-28-47(35(3)4)54(48(29-41)36(5)6)39-23-24-58-53(30-39)61-51-20-15-14-19-45(51)46-22-21-44(33-52(46)61)62-43-18-16-17-40(27-43)56-59-25-26-60(56)55-49(37(7)8)31-42(57(11,12)13)32-50(55)38(9)10;/h14-26,28-32,34-38H,1-13H3;/q-2;+2. The zero-order valence-electron chi connectivity index (χ0n) is 39.3. The number of hydrogen-bond acceptors (Lipinski definition) is 3. The van der Waals surface area contributed by atoms with Gasteiger partial charge in [0.15, 0.2) is 0 Å². The van der Waals surface area contributed by atoms with Gasteiger partial charge in [-0.2, -0.15) is 6.07 Å². The number of hydrogen-bond donors (Lipinski definition) is 0. The molecule has 8 aromatic rings. The van der Waals surface area contributed by atoms with E-state index < -0.39 is 0 Å². The Kier molecular flexibility index (Phi) is 13.1. The van der Waals surface area contributed by atoms with Gasteiger partial charge in [-0.1, -0.05) is 144 Å². The van der Waals surface area contributed by atoms with Crippen molar-refractivity contribution in [2.75, 3.05) is 0 Å². The van der Waals surface area contributed by atoms with E-state index in [4.69, 9.17) is 14.7 Å². The summed E-state index contributed by atoms with van der Waals surface area (Å²) < 4.78 is 11.1. The summed E-state index contributed by atoms with van der Waals surface area (Å²) in [6.07, 6.45) is 5.92. The van der Waals surface area contributed by atoms with Crippen LogP contribution in [0.2, 0.25) is 0 Å². The van der Waals surface area contributed by atoms with Gasteiger partial charge in [-0.05, 0) is 103 Å². The topological polar surface area (TPSA) is 44.9 Å². The molecule has 0 saturated carbocycles. The first-order valence-electron chi connectivity index (χ1n) is 22.5. The predicted molar refractivity (Wildman–Crippen MR) is 260 cm³/mol. The molecule has 5 aromatic carbocycles. The van der Waals surface area contributed by atoms with E-state index in [9.17, 15) is 0 Å². The number of benzene rings is 5. The molecule has 0 N–H and O–H groups in total. The van der Waals surface area contributed by atoms with Crippen molar-refractivity contribution in [3.63, 3.8) is 0 Å². The van der Waals surface area contributed by atoms with Crippen LogP contribution >= 0.6 is 0 Å². The minimum absolute atomic E-state index is 0. The third-order valence-electron chi connectivity index (χ3n) is 12.3. The molecule has 3 aromatic heterocycles. The largest absolute Gasteiger partial charge is 2.00 e. The summed E-state index contributed by atoms with van der Waals surface area (Å²) in [5, 5.41) is 2.23. The van der Waals surface area contributed by atoms with Gasteiger partial charge in [0.25, 0.3) is 0 Å². The molecule has 6 heteroatoms. The van der Waals surface area contributed by atoms with Crippen LogP contribution in [0.5, 0.6) is 11.5 Å². The van der Waals surface area contributed by atoms with Gasteiger partial charge < -0.3 is 13.9 Å². The zero-order valence-corrected chi connectivity index (χ0v) is 41.6. The number of rotatable bonds is 11. The molecule has 0 amide bonds.